The fourth-order valence-corrected chi connectivity index (χ4v) is 4.71. The molecule has 4 rings (SSSR count). The maximum atomic E-state index is 13.5. The van der Waals surface area contributed by atoms with Gasteiger partial charge >= 0.3 is 0 Å². The van der Waals surface area contributed by atoms with Crippen LogP contribution < -0.4 is 21.1 Å². The quantitative estimate of drug-likeness (QED) is 0.605. The third-order valence-corrected chi connectivity index (χ3v) is 6.64. The van der Waals surface area contributed by atoms with Gasteiger partial charge in [0.25, 0.3) is 5.56 Å². The second-order valence-electron chi connectivity index (χ2n) is 7.71. The van der Waals surface area contributed by atoms with Crippen molar-refractivity contribution >= 4 is 44.3 Å². The van der Waals surface area contributed by atoms with Crippen molar-refractivity contribution in [3.05, 3.63) is 46.3 Å². The maximum Gasteiger partial charge on any atom is 0.273 e. The number of nitrogens with zero attached hydrogens (tertiary/aromatic N) is 4. The van der Waals surface area contributed by atoms with E-state index in [1.165, 1.54) is 34.4 Å². The zero-order valence-electron chi connectivity index (χ0n) is 17.7. The lowest BCUT2D eigenvalue weighted by molar-refractivity contribution is -0.125. The van der Waals surface area contributed by atoms with Gasteiger partial charge in [-0.25, -0.2) is 9.37 Å². The minimum absolute atomic E-state index is 0.0128. The number of hydrogen-bond donors (Lipinski definition) is 2. The average molecular weight is 459 g/mol. The van der Waals surface area contributed by atoms with Crippen LogP contribution in [0.25, 0.3) is 10.3 Å². The lowest BCUT2D eigenvalue weighted by Gasteiger charge is -2.30. The third kappa shape index (κ3) is 4.47. The fraction of sp³-hybridized carbons (Fsp3) is 0.381. The van der Waals surface area contributed by atoms with Crippen LogP contribution in [0.15, 0.2) is 29.3 Å². The molecule has 0 aliphatic carbocycles. The summed E-state index contributed by atoms with van der Waals surface area (Å²) in [5.41, 5.74) is 1.05. The molecule has 1 aliphatic rings. The van der Waals surface area contributed by atoms with Gasteiger partial charge in [-0.2, -0.15) is 4.98 Å². The Hall–Kier alpha value is -3.34. The van der Waals surface area contributed by atoms with Crippen molar-refractivity contribution in [3.63, 3.8) is 0 Å². The van der Waals surface area contributed by atoms with Crippen molar-refractivity contribution in [1.29, 1.82) is 0 Å². The predicted octanol–water partition coefficient (Wildman–Crippen LogP) is 1.90. The molecular weight excluding hydrogens is 435 g/mol. The molecule has 1 aliphatic heterocycles. The van der Waals surface area contributed by atoms with Crippen LogP contribution in [0, 0.1) is 18.7 Å². The predicted molar refractivity (Wildman–Crippen MR) is 120 cm³/mol. The number of halogens is 1. The molecule has 2 amide bonds. The molecule has 1 fully saturated rings. The first-order valence-corrected chi connectivity index (χ1v) is 11.1. The summed E-state index contributed by atoms with van der Waals surface area (Å²) in [6, 6.07) is 4.12. The van der Waals surface area contributed by atoms with Crippen molar-refractivity contribution < 1.29 is 14.0 Å². The second-order valence-corrected chi connectivity index (χ2v) is 8.69. The van der Waals surface area contributed by atoms with Crippen molar-refractivity contribution in [2.75, 3.05) is 30.4 Å². The molecule has 168 valence electrons. The second kappa shape index (κ2) is 9.03. The van der Waals surface area contributed by atoms with E-state index in [2.05, 4.69) is 25.5 Å². The minimum Gasteiger partial charge on any atom is -0.359 e. The number of rotatable bonds is 5. The normalized spacial score (nSPS) is 14.5. The highest BCUT2D eigenvalue weighted by molar-refractivity contribution is 7.22. The summed E-state index contributed by atoms with van der Waals surface area (Å²) in [5, 5.41) is 5.99. The number of nitrogens with one attached hydrogen (secondary N) is 2. The average Bonchev–Trinajstić information content (AvgIpc) is 3.23. The topological polar surface area (TPSA) is 109 Å². The van der Waals surface area contributed by atoms with Gasteiger partial charge in [0.2, 0.25) is 11.8 Å². The van der Waals surface area contributed by atoms with Crippen LogP contribution in [-0.2, 0) is 16.1 Å². The zero-order valence-corrected chi connectivity index (χ0v) is 18.5. The highest BCUT2D eigenvalue weighted by Gasteiger charge is 2.26. The van der Waals surface area contributed by atoms with E-state index in [9.17, 15) is 18.8 Å². The Balaban J connectivity index is 1.48. The van der Waals surface area contributed by atoms with E-state index in [1.807, 2.05) is 0 Å². The zero-order chi connectivity index (χ0) is 22.8. The highest BCUT2D eigenvalue weighted by Crippen LogP contribution is 2.29. The Morgan fingerprint density at radius 3 is 2.75 bits per heavy atom. The van der Waals surface area contributed by atoms with Crippen molar-refractivity contribution in [2.45, 2.75) is 26.3 Å². The molecule has 2 N–H and O–H groups in total. The Bertz CT molecular complexity index is 1230. The molecule has 32 heavy (non-hydrogen) atoms. The van der Waals surface area contributed by atoms with Gasteiger partial charge in [-0.05, 0) is 37.5 Å². The molecule has 3 aromatic rings. The molecule has 9 nitrogen and oxygen atoms in total. The highest BCUT2D eigenvalue weighted by atomic mass is 32.1. The van der Waals surface area contributed by atoms with E-state index in [0.29, 0.717) is 52.7 Å². The van der Waals surface area contributed by atoms with Crippen molar-refractivity contribution in [2.24, 2.45) is 5.92 Å². The van der Waals surface area contributed by atoms with E-state index in [-0.39, 0.29) is 23.9 Å². The Labute approximate surface area is 187 Å². The van der Waals surface area contributed by atoms with Crippen LogP contribution in [0.1, 0.15) is 18.4 Å². The van der Waals surface area contributed by atoms with Gasteiger partial charge in [-0.3, -0.25) is 19.0 Å². The molecule has 1 saturated heterocycles. The van der Waals surface area contributed by atoms with Gasteiger partial charge in [0.15, 0.2) is 10.8 Å². The van der Waals surface area contributed by atoms with E-state index in [1.54, 1.807) is 20.0 Å². The summed E-state index contributed by atoms with van der Waals surface area (Å²) in [7, 11) is 1.64. The summed E-state index contributed by atoms with van der Waals surface area (Å²) >= 11 is 1.23. The monoisotopic (exact) mass is 458 g/mol. The van der Waals surface area contributed by atoms with Crippen LogP contribution in [-0.4, -0.2) is 46.5 Å². The molecule has 3 heterocycles. The number of anilines is 2. The first-order valence-electron chi connectivity index (χ1n) is 10.2. The fourth-order valence-electron chi connectivity index (χ4n) is 3.69. The molecule has 0 unspecified atom stereocenters. The molecule has 1 aromatic carbocycles. The number of carbonyl (C=O) groups excluding carboxylic acids is 2. The SMILES string of the molecule is CNC(=O)C1CCN(c2nc3ncn(CC(=O)Nc4cc(F)ccc4C)c(=O)c3s2)CC1. The van der Waals surface area contributed by atoms with E-state index in [4.69, 9.17) is 0 Å². The van der Waals surface area contributed by atoms with Crippen LogP contribution in [0.2, 0.25) is 0 Å². The molecular formula is C21H23FN6O3S. The molecule has 0 atom stereocenters. The number of amides is 2. The van der Waals surface area contributed by atoms with Crippen LogP contribution in [0.3, 0.4) is 0 Å². The number of aromatic nitrogens is 3. The molecule has 0 saturated carbocycles. The van der Waals surface area contributed by atoms with E-state index >= 15 is 0 Å². The van der Waals surface area contributed by atoms with E-state index in [0.717, 1.165) is 0 Å². The Morgan fingerprint density at radius 1 is 1.28 bits per heavy atom. The van der Waals surface area contributed by atoms with Gasteiger partial charge in [0.05, 0.1) is 0 Å². The number of fused-ring (bicyclic) bond motifs is 1. The Morgan fingerprint density at radius 2 is 2.03 bits per heavy atom. The lowest BCUT2D eigenvalue weighted by atomic mass is 9.96. The summed E-state index contributed by atoms with van der Waals surface area (Å²) in [5.74, 6) is -0.878. The van der Waals surface area contributed by atoms with Gasteiger partial charge in [-0.1, -0.05) is 17.4 Å². The number of aryl methyl sites for hydroxylation is 1. The van der Waals surface area contributed by atoms with Gasteiger partial charge in [0, 0.05) is 31.7 Å². The summed E-state index contributed by atoms with van der Waals surface area (Å²) < 4.78 is 15.0. The van der Waals surface area contributed by atoms with Gasteiger partial charge in [0.1, 0.15) is 23.4 Å². The van der Waals surface area contributed by atoms with Crippen molar-refractivity contribution in [3.8, 4) is 0 Å². The Kier molecular flexibility index (Phi) is 6.17. The van der Waals surface area contributed by atoms with Crippen LogP contribution >= 0.6 is 11.3 Å². The van der Waals surface area contributed by atoms with E-state index < -0.39 is 11.7 Å². The van der Waals surface area contributed by atoms with Crippen LogP contribution in [0.5, 0.6) is 0 Å². The standard InChI is InChI=1S/C21H23FN6O3S/c1-12-3-4-14(22)9-15(12)25-16(29)10-28-11-24-18-17(20(28)31)32-21(26-18)27-7-5-13(6-8-27)19(30)23-2/h3-4,9,11,13H,5-8,10H2,1-2H3,(H,23,30)(H,25,29). The first-order chi connectivity index (χ1) is 15.4. The van der Waals surface area contributed by atoms with Crippen LogP contribution in [0.4, 0.5) is 15.2 Å². The number of thiazole rings is 1. The molecule has 0 radical (unpaired) electrons. The smallest absolute Gasteiger partial charge is 0.273 e. The van der Waals surface area contributed by atoms with Crippen molar-refractivity contribution in [1.82, 2.24) is 19.9 Å². The largest absolute Gasteiger partial charge is 0.359 e. The molecule has 0 bridgehead atoms. The lowest BCUT2D eigenvalue weighted by Crippen LogP contribution is -2.39. The summed E-state index contributed by atoms with van der Waals surface area (Å²) in [4.78, 5) is 47.9. The third-order valence-electron chi connectivity index (χ3n) is 5.54. The number of piperidine rings is 1. The number of carbonyl (C=O) groups is 2. The molecule has 0 spiro atoms. The number of hydrogen-bond acceptors (Lipinski definition) is 7. The summed E-state index contributed by atoms with van der Waals surface area (Å²) in [6.45, 7) is 2.84. The minimum atomic E-state index is -0.456. The molecule has 2 aromatic heterocycles. The summed E-state index contributed by atoms with van der Waals surface area (Å²) in [6.07, 6.45) is 2.73. The maximum absolute atomic E-state index is 13.5. The van der Waals surface area contributed by atoms with Gasteiger partial charge < -0.3 is 15.5 Å². The molecule has 11 heteroatoms. The first kappa shape index (κ1) is 21.9. The number of benzene rings is 1. The van der Waals surface area contributed by atoms with Gasteiger partial charge in [-0.15, -0.1) is 0 Å².